The van der Waals surface area contributed by atoms with Crippen LogP contribution in [-0.2, 0) is 17.6 Å². The molecule has 8 heteroatoms. The number of β-amino-alcohol motifs (C(OH)–C–C–N with tert-alkyl or cyclic N) is 1. The topological polar surface area (TPSA) is 134 Å². The van der Waals surface area contributed by atoms with Crippen LogP contribution in [0.1, 0.15) is 102 Å². The summed E-state index contributed by atoms with van der Waals surface area (Å²) < 4.78 is 0. The number of aliphatic hydroxyl groups is 3. The Hall–Kier alpha value is -1.55. The minimum Gasteiger partial charge on any atom is -0.481 e. The summed E-state index contributed by atoms with van der Waals surface area (Å²) in [4.78, 5) is 11.6. The molecular formula is C33H55N3O5. The van der Waals surface area contributed by atoms with Crippen molar-refractivity contribution < 1.29 is 25.2 Å². The molecule has 4 rings (SSSR count). The number of carboxylic acids is 1. The van der Waals surface area contributed by atoms with E-state index in [1.807, 2.05) is 6.92 Å². The number of carboxylic acid groups (broad SMARTS) is 1. The number of piperidine rings is 2. The van der Waals surface area contributed by atoms with Crippen molar-refractivity contribution >= 4 is 5.97 Å². The first-order chi connectivity index (χ1) is 19.5. The van der Waals surface area contributed by atoms with Crippen molar-refractivity contribution in [2.24, 2.45) is 5.92 Å². The van der Waals surface area contributed by atoms with Gasteiger partial charge in [-0.1, -0.05) is 49.9 Å². The van der Waals surface area contributed by atoms with Gasteiger partial charge in [-0.2, -0.15) is 0 Å². The lowest BCUT2D eigenvalue weighted by Gasteiger charge is -2.42. The molecule has 1 aromatic rings. The van der Waals surface area contributed by atoms with Crippen LogP contribution in [0.4, 0.5) is 0 Å². The summed E-state index contributed by atoms with van der Waals surface area (Å²) in [6.45, 7) is 5.38. The van der Waals surface area contributed by atoms with E-state index in [2.05, 4.69) is 47.1 Å². The van der Waals surface area contributed by atoms with Crippen LogP contribution in [0.25, 0.3) is 0 Å². The number of aliphatic hydroxyl groups excluding tert-OH is 2. The lowest BCUT2D eigenvalue weighted by Crippen LogP contribution is -2.58. The molecule has 3 heterocycles. The molecule has 0 amide bonds. The highest BCUT2D eigenvalue weighted by atomic mass is 16.4. The molecule has 3 aliphatic rings. The molecule has 3 aliphatic heterocycles. The molecule has 2 fully saturated rings. The van der Waals surface area contributed by atoms with Crippen LogP contribution >= 0.6 is 0 Å². The quantitative estimate of drug-likeness (QED) is 0.285. The second-order valence-electron chi connectivity index (χ2n) is 13.9. The fourth-order valence-electron chi connectivity index (χ4n) is 7.45. The van der Waals surface area contributed by atoms with Crippen LogP contribution in [0.15, 0.2) is 24.3 Å². The highest BCUT2D eigenvalue weighted by Gasteiger charge is 2.36. The molecule has 2 saturated heterocycles. The van der Waals surface area contributed by atoms with Crippen LogP contribution in [0.5, 0.6) is 0 Å². The van der Waals surface area contributed by atoms with E-state index < -0.39 is 17.7 Å². The Morgan fingerprint density at radius 3 is 2.59 bits per heavy atom. The number of carbonyl (C=O) groups is 1. The summed E-state index contributed by atoms with van der Waals surface area (Å²) in [7, 11) is 0. The van der Waals surface area contributed by atoms with Gasteiger partial charge >= 0.3 is 5.97 Å². The van der Waals surface area contributed by atoms with Crippen LogP contribution in [0.3, 0.4) is 0 Å². The standard InChI is InChI=1S/C33H55N3O5/c1-23-29(37)12-11-27(36-23)19-30(38)26-10-5-3-4-6-13-33(41,21-31(39)40)22-35-32(2)14-15-34-28(20-32)18-25-9-7-8-24(16-25)17-26/h7-9,16,23,26-30,34-38,41H,3-6,10-15,17-22H2,1-2H3,(H,39,40)/t23-,26+,27-,28-,29+,30-,32+,33+/m0/s1. The maximum atomic E-state index is 11.6. The number of nitrogens with one attached hydrogen (secondary N) is 3. The van der Waals surface area contributed by atoms with Gasteiger partial charge in [-0.25, -0.2) is 0 Å². The van der Waals surface area contributed by atoms with E-state index in [4.69, 9.17) is 0 Å². The van der Waals surface area contributed by atoms with Crippen LogP contribution in [-0.4, -0.2) is 81.0 Å². The van der Waals surface area contributed by atoms with Gasteiger partial charge in [0.2, 0.25) is 0 Å². The summed E-state index contributed by atoms with van der Waals surface area (Å²) in [6, 6.07) is 9.40. The maximum Gasteiger partial charge on any atom is 0.306 e. The summed E-state index contributed by atoms with van der Waals surface area (Å²) in [5.74, 6) is -0.810. The zero-order valence-electron chi connectivity index (χ0n) is 25.3. The van der Waals surface area contributed by atoms with Crippen molar-refractivity contribution in [3.63, 3.8) is 0 Å². The van der Waals surface area contributed by atoms with E-state index in [0.29, 0.717) is 18.9 Å². The van der Waals surface area contributed by atoms with Gasteiger partial charge in [0.05, 0.1) is 24.2 Å². The molecule has 0 aliphatic carbocycles. The molecular weight excluding hydrogens is 518 g/mol. The predicted molar refractivity (Wildman–Crippen MR) is 162 cm³/mol. The molecule has 4 bridgehead atoms. The van der Waals surface area contributed by atoms with E-state index >= 15 is 0 Å². The molecule has 0 radical (unpaired) electrons. The Bertz CT molecular complexity index is 978. The summed E-state index contributed by atoms with van der Waals surface area (Å²) >= 11 is 0. The van der Waals surface area contributed by atoms with E-state index in [1.165, 1.54) is 11.1 Å². The van der Waals surface area contributed by atoms with Crippen molar-refractivity contribution in [1.82, 2.24) is 16.0 Å². The molecule has 1 aromatic carbocycles. The van der Waals surface area contributed by atoms with Gasteiger partial charge in [-0.3, -0.25) is 4.79 Å². The Morgan fingerprint density at radius 1 is 1.07 bits per heavy atom. The first kappa shape index (κ1) is 32.4. The average Bonchev–Trinajstić information content (AvgIpc) is 2.90. The summed E-state index contributed by atoms with van der Waals surface area (Å²) in [5, 5.41) is 53.2. The molecule has 0 aromatic heterocycles. The van der Waals surface area contributed by atoms with E-state index in [-0.39, 0.29) is 42.6 Å². The fraction of sp³-hybridized carbons (Fsp3) is 0.788. The second-order valence-corrected chi connectivity index (χ2v) is 13.9. The number of benzene rings is 1. The number of fused-ring (bicyclic) bond motifs is 4. The lowest BCUT2D eigenvalue weighted by molar-refractivity contribution is -0.143. The third-order valence-corrected chi connectivity index (χ3v) is 10.0. The summed E-state index contributed by atoms with van der Waals surface area (Å²) in [5.41, 5.74) is 1.15. The normalized spacial score (nSPS) is 37.0. The van der Waals surface area contributed by atoms with Crippen molar-refractivity contribution in [2.75, 3.05) is 13.1 Å². The van der Waals surface area contributed by atoms with Gasteiger partial charge in [0.1, 0.15) is 0 Å². The molecule has 232 valence electrons. The number of rotatable bonds is 5. The monoisotopic (exact) mass is 573 g/mol. The van der Waals surface area contributed by atoms with Gasteiger partial charge in [-0.05, 0) is 95.2 Å². The van der Waals surface area contributed by atoms with E-state index in [1.54, 1.807) is 0 Å². The molecule has 0 saturated carbocycles. The molecule has 7 N–H and O–H groups in total. The number of hydrogen-bond acceptors (Lipinski definition) is 7. The minimum atomic E-state index is -1.26. The smallest absolute Gasteiger partial charge is 0.306 e. The molecule has 8 atom stereocenters. The third kappa shape index (κ3) is 10.0. The molecule has 0 unspecified atom stereocenters. The molecule has 41 heavy (non-hydrogen) atoms. The fourth-order valence-corrected chi connectivity index (χ4v) is 7.45. The Kier molecular flexibility index (Phi) is 11.6. The van der Waals surface area contributed by atoms with Crippen LogP contribution in [0, 0.1) is 5.92 Å². The largest absolute Gasteiger partial charge is 0.481 e. The second kappa shape index (κ2) is 14.8. The Balaban J connectivity index is 1.49. The summed E-state index contributed by atoms with van der Waals surface area (Å²) in [6.07, 6.45) is 10.1. The molecule has 8 nitrogen and oxygen atoms in total. The van der Waals surface area contributed by atoms with Gasteiger partial charge in [0.15, 0.2) is 0 Å². The first-order valence-electron chi connectivity index (χ1n) is 16.2. The van der Waals surface area contributed by atoms with Crippen LogP contribution < -0.4 is 16.0 Å². The maximum absolute atomic E-state index is 11.6. The van der Waals surface area contributed by atoms with Crippen molar-refractivity contribution in [1.29, 1.82) is 0 Å². The third-order valence-electron chi connectivity index (χ3n) is 10.0. The predicted octanol–water partition coefficient (Wildman–Crippen LogP) is 3.30. The lowest BCUT2D eigenvalue weighted by atomic mass is 9.81. The minimum absolute atomic E-state index is 0.0492. The van der Waals surface area contributed by atoms with Gasteiger partial charge in [-0.15, -0.1) is 0 Å². The van der Waals surface area contributed by atoms with Gasteiger partial charge < -0.3 is 36.4 Å². The van der Waals surface area contributed by atoms with Crippen molar-refractivity contribution in [3.05, 3.63) is 35.4 Å². The van der Waals surface area contributed by atoms with Gasteiger partial charge in [0.25, 0.3) is 0 Å². The highest BCUT2D eigenvalue weighted by Crippen LogP contribution is 2.29. The van der Waals surface area contributed by atoms with E-state index in [0.717, 1.165) is 77.2 Å². The zero-order chi connectivity index (χ0) is 29.5. The number of aliphatic carboxylic acids is 1. The van der Waals surface area contributed by atoms with Crippen LogP contribution in [0.2, 0.25) is 0 Å². The highest BCUT2D eigenvalue weighted by molar-refractivity contribution is 5.68. The SMILES string of the molecule is C[C@@H]1N[C@H](C[C@H](O)[C@@H]2CCCCCC[C@@](O)(CC(=O)O)CN[C@]3(C)CCN[C@@H](Cc4cccc(c4)C2)C3)CC[C@H]1O. The first-order valence-corrected chi connectivity index (χ1v) is 16.2. The van der Waals surface area contributed by atoms with Gasteiger partial charge in [0, 0.05) is 30.2 Å². The van der Waals surface area contributed by atoms with Crippen molar-refractivity contribution in [3.8, 4) is 0 Å². The Morgan fingerprint density at radius 2 is 1.83 bits per heavy atom. The average molecular weight is 574 g/mol. The van der Waals surface area contributed by atoms with Crippen molar-refractivity contribution in [2.45, 2.75) is 145 Å². The Labute approximate surface area is 246 Å². The number of hydrogen-bond donors (Lipinski definition) is 7. The molecule has 0 spiro atoms. The van der Waals surface area contributed by atoms with E-state index in [9.17, 15) is 25.2 Å². The zero-order valence-corrected chi connectivity index (χ0v) is 25.3.